The molecule has 2 fully saturated rings. The highest BCUT2D eigenvalue weighted by Gasteiger charge is 2.36. The molecule has 3 aromatic rings. The minimum Gasteiger partial charge on any atom is -0.304 e. The molecule has 6 heteroatoms. The van der Waals surface area contributed by atoms with Gasteiger partial charge >= 0.3 is 0 Å². The van der Waals surface area contributed by atoms with Crippen LogP contribution in [0.1, 0.15) is 30.0 Å². The number of likely N-dealkylation sites (tertiary alicyclic amines) is 1. The standard InChI is InChI=1S/C24H28ClN5/c25-20-10-8-18(9-11-20)22-15-27-28-24(22)19-5-3-13-29(16-19)17-21-6-4-14-30(21)23-7-1-2-12-26-23/h1-2,4,6-12,14,19,22,24,27-28H,3,5,13,15-17H2. The number of pyridine rings is 1. The second-order valence-electron chi connectivity index (χ2n) is 8.40. The first-order valence-electron chi connectivity index (χ1n) is 10.8. The van der Waals surface area contributed by atoms with Crippen molar-refractivity contribution in [2.75, 3.05) is 19.6 Å². The predicted octanol–water partition coefficient (Wildman–Crippen LogP) is 4.00. The molecule has 5 rings (SSSR count). The fourth-order valence-corrected chi connectivity index (χ4v) is 5.14. The van der Waals surface area contributed by atoms with Gasteiger partial charge in [0.1, 0.15) is 5.82 Å². The van der Waals surface area contributed by atoms with Crippen LogP contribution in [-0.4, -0.2) is 40.1 Å². The van der Waals surface area contributed by atoms with Crippen LogP contribution in [0.15, 0.2) is 67.0 Å². The molecule has 3 atom stereocenters. The van der Waals surface area contributed by atoms with E-state index in [1.54, 1.807) is 0 Å². The fourth-order valence-electron chi connectivity index (χ4n) is 5.02. The summed E-state index contributed by atoms with van der Waals surface area (Å²) in [6.07, 6.45) is 6.46. The summed E-state index contributed by atoms with van der Waals surface area (Å²) in [7, 11) is 0. The quantitative estimate of drug-likeness (QED) is 0.653. The third kappa shape index (κ3) is 4.16. The number of halogens is 1. The Kier molecular flexibility index (Phi) is 5.86. The molecule has 0 aliphatic carbocycles. The van der Waals surface area contributed by atoms with Crippen molar-refractivity contribution >= 4 is 11.6 Å². The summed E-state index contributed by atoms with van der Waals surface area (Å²) < 4.78 is 2.20. The SMILES string of the molecule is Clc1ccc(C2CNNC2C2CCCN(Cc3cccn3-c3ccccn3)C2)cc1. The zero-order chi connectivity index (χ0) is 20.3. The van der Waals surface area contributed by atoms with E-state index >= 15 is 0 Å². The molecular weight excluding hydrogens is 394 g/mol. The number of nitrogens with zero attached hydrogens (tertiary/aromatic N) is 3. The van der Waals surface area contributed by atoms with Crippen LogP contribution in [0.3, 0.4) is 0 Å². The molecule has 0 saturated carbocycles. The molecule has 2 N–H and O–H groups in total. The Morgan fingerprint density at radius 3 is 2.80 bits per heavy atom. The molecule has 4 heterocycles. The third-order valence-electron chi connectivity index (χ3n) is 6.49. The smallest absolute Gasteiger partial charge is 0.136 e. The van der Waals surface area contributed by atoms with E-state index < -0.39 is 0 Å². The van der Waals surface area contributed by atoms with Crippen LogP contribution in [0.25, 0.3) is 5.82 Å². The van der Waals surface area contributed by atoms with Crippen LogP contribution in [0.4, 0.5) is 0 Å². The van der Waals surface area contributed by atoms with Gasteiger partial charge < -0.3 is 4.57 Å². The number of benzene rings is 1. The molecule has 0 radical (unpaired) electrons. The molecular formula is C24H28ClN5. The molecule has 2 aromatic heterocycles. The Morgan fingerprint density at radius 1 is 1.07 bits per heavy atom. The number of nitrogens with one attached hydrogen (secondary N) is 2. The number of hydrazine groups is 1. The van der Waals surface area contributed by atoms with E-state index in [0.717, 1.165) is 37.0 Å². The average Bonchev–Trinajstić information content (AvgIpc) is 3.45. The maximum atomic E-state index is 6.10. The summed E-state index contributed by atoms with van der Waals surface area (Å²) in [5.74, 6) is 2.08. The lowest BCUT2D eigenvalue weighted by Gasteiger charge is -2.37. The van der Waals surface area contributed by atoms with Crippen LogP contribution in [0, 0.1) is 5.92 Å². The van der Waals surface area contributed by atoms with E-state index in [-0.39, 0.29) is 0 Å². The van der Waals surface area contributed by atoms with Crippen LogP contribution in [-0.2, 0) is 6.54 Å². The highest BCUT2D eigenvalue weighted by molar-refractivity contribution is 6.30. The number of rotatable bonds is 5. The highest BCUT2D eigenvalue weighted by atomic mass is 35.5. The normalized spacial score (nSPS) is 24.9. The largest absolute Gasteiger partial charge is 0.304 e. The zero-order valence-electron chi connectivity index (χ0n) is 17.0. The van der Waals surface area contributed by atoms with Crippen molar-refractivity contribution < 1.29 is 0 Å². The first-order valence-corrected chi connectivity index (χ1v) is 11.2. The van der Waals surface area contributed by atoms with Crippen molar-refractivity contribution in [3.63, 3.8) is 0 Å². The second-order valence-corrected chi connectivity index (χ2v) is 8.84. The predicted molar refractivity (Wildman–Crippen MR) is 121 cm³/mol. The number of aromatic nitrogens is 2. The molecule has 3 unspecified atom stereocenters. The first kappa shape index (κ1) is 19.8. The molecule has 1 aromatic carbocycles. The molecule has 2 aliphatic rings. The van der Waals surface area contributed by atoms with Gasteiger partial charge in [-0.05, 0) is 67.3 Å². The van der Waals surface area contributed by atoms with Crippen molar-refractivity contribution in [2.45, 2.75) is 31.3 Å². The van der Waals surface area contributed by atoms with Gasteiger partial charge in [0.25, 0.3) is 0 Å². The minimum atomic E-state index is 0.441. The molecule has 0 bridgehead atoms. The van der Waals surface area contributed by atoms with Crippen LogP contribution >= 0.6 is 11.6 Å². The van der Waals surface area contributed by atoms with E-state index in [9.17, 15) is 0 Å². The Hall–Kier alpha value is -2.18. The average molecular weight is 422 g/mol. The van der Waals surface area contributed by atoms with Gasteiger partial charge in [0.15, 0.2) is 0 Å². The molecule has 156 valence electrons. The maximum Gasteiger partial charge on any atom is 0.136 e. The fraction of sp³-hybridized carbons (Fsp3) is 0.375. The van der Waals surface area contributed by atoms with E-state index in [1.165, 1.54) is 24.1 Å². The summed E-state index contributed by atoms with van der Waals surface area (Å²) >= 11 is 6.10. The van der Waals surface area contributed by atoms with E-state index in [1.807, 2.05) is 30.5 Å². The lowest BCUT2D eigenvalue weighted by Crippen LogP contribution is -2.46. The molecule has 0 amide bonds. The summed E-state index contributed by atoms with van der Waals surface area (Å²) in [6, 6.07) is 19.2. The highest BCUT2D eigenvalue weighted by Crippen LogP contribution is 2.32. The summed E-state index contributed by atoms with van der Waals surface area (Å²) in [5.41, 5.74) is 9.65. The van der Waals surface area contributed by atoms with E-state index in [4.69, 9.17) is 11.6 Å². The van der Waals surface area contributed by atoms with Gasteiger partial charge in [-0.2, -0.15) is 0 Å². The number of hydrogen-bond acceptors (Lipinski definition) is 4. The lowest BCUT2D eigenvalue weighted by atomic mass is 9.81. The van der Waals surface area contributed by atoms with Crippen LogP contribution in [0.5, 0.6) is 0 Å². The van der Waals surface area contributed by atoms with Crippen LogP contribution < -0.4 is 10.9 Å². The molecule has 2 aliphatic heterocycles. The van der Waals surface area contributed by atoms with Gasteiger partial charge in [-0.25, -0.2) is 4.98 Å². The second kappa shape index (κ2) is 8.90. The Bertz CT molecular complexity index is 955. The van der Waals surface area contributed by atoms with Gasteiger partial charge in [-0.15, -0.1) is 0 Å². The maximum absolute atomic E-state index is 6.10. The Morgan fingerprint density at radius 2 is 1.97 bits per heavy atom. The summed E-state index contributed by atoms with van der Waals surface area (Å²) in [6.45, 7) is 4.17. The summed E-state index contributed by atoms with van der Waals surface area (Å²) in [4.78, 5) is 7.12. The Balaban J connectivity index is 1.29. The van der Waals surface area contributed by atoms with Crippen molar-refractivity contribution in [1.29, 1.82) is 0 Å². The van der Waals surface area contributed by atoms with E-state index in [0.29, 0.717) is 17.9 Å². The molecule has 5 nitrogen and oxygen atoms in total. The first-order chi connectivity index (χ1) is 14.8. The van der Waals surface area contributed by atoms with Crippen LogP contribution in [0.2, 0.25) is 5.02 Å². The molecule has 0 spiro atoms. The van der Waals surface area contributed by atoms with Gasteiger partial charge in [-0.1, -0.05) is 29.8 Å². The molecule has 30 heavy (non-hydrogen) atoms. The van der Waals surface area contributed by atoms with Gasteiger partial charge in [0.05, 0.1) is 0 Å². The van der Waals surface area contributed by atoms with Gasteiger partial charge in [0, 0.05) is 54.7 Å². The zero-order valence-corrected chi connectivity index (χ0v) is 17.8. The summed E-state index contributed by atoms with van der Waals surface area (Å²) in [5, 5.41) is 0.800. The monoisotopic (exact) mass is 421 g/mol. The van der Waals surface area contributed by atoms with Crippen molar-refractivity contribution in [2.24, 2.45) is 5.92 Å². The lowest BCUT2D eigenvalue weighted by molar-refractivity contribution is 0.138. The van der Waals surface area contributed by atoms with Crippen molar-refractivity contribution in [1.82, 2.24) is 25.3 Å². The van der Waals surface area contributed by atoms with Gasteiger partial charge in [0.2, 0.25) is 0 Å². The Labute approximate surface area is 183 Å². The topological polar surface area (TPSA) is 45.1 Å². The minimum absolute atomic E-state index is 0.441. The van der Waals surface area contributed by atoms with Gasteiger partial charge in [-0.3, -0.25) is 15.8 Å². The van der Waals surface area contributed by atoms with Crippen molar-refractivity contribution in [3.05, 3.63) is 83.3 Å². The third-order valence-corrected chi connectivity index (χ3v) is 6.74. The number of hydrogen-bond donors (Lipinski definition) is 2. The number of piperidine rings is 1. The van der Waals surface area contributed by atoms with Crippen molar-refractivity contribution in [3.8, 4) is 5.82 Å². The molecule has 2 saturated heterocycles. The van der Waals surface area contributed by atoms with E-state index in [2.05, 4.69) is 61.8 Å².